The Hall–Kier alpha value is -2.23. The molecule has 7 heteroatoms. The van der Waals surface area contributed by atoms with Crippen molar-refractivity contribution in [3.8, 4) is 11.8 Å². The topological polar surface area (TPSA) is 53.3 Å². The van der Waals surface area contributed by atoms with Gasteiger partial charge in [-0.2, -0.15) is 5.26 Å². The molecule has 1 aliphatic rings. The molecule has 0 radical (unpaired) electrons. The number of hydrogen-bond acceptors (Lipinski definition) is 3. The first-order valence-corrected chi connectivity index (χ1v) is 7.28. The van der Waals surface area contributed by atoms with Gasteiger partial charge in [0.1, 0.15) is 11.2 Å². The first kappa shape index (κ1) is 17.1. The van der Waals surface area contributed by atoms with Crippen molar-refractivity contribution in [3.05, 3.63) is 29.8 Å². The van der Waals surface area contributed by atoms with Gasteiger partial charge in [-0.15, -0.1) is 13.2 Å². The van der Waals surface area contributed by atoms with E-state index in [2.05, 4.69) is 10.8 Å². The summed E-state index contributed by atoms with van der Waals surface area (Å²) in [5.41, 5.74) is -0.805. The number of rotatable bonds is 4. The molecule has 1 aromatic rings. The van der Waals surface area contributed by atoms with E-state index in [1.807, 2.05) is 0 Å². The molecule has 1 saturated carbocycles. The molecule has 0 saturated heterocycles. The molecule has 0 aromatic heterocycles. The fourth-order valence-electron chi connectivity index (χ4n) is 2.90. The lowest BCUT2D eigenvalue weighted by atomic mass is 9.86. The molecule has 1 aliphatic carbocycles. The summed E-state index contributed by atoms with van der Waals surface area (Å²) in [4.78, 5) is 13.8. The summed E-state index contributed by atoms with van der Waals surface area (Å²) in [6.07, 6.45) is -2.19. The van der Waals surface area contributed by atoms with Crippen molar-refractivity contribution >= 4 is 5.91 Å². The van der Waals surface area contributed by atoms with Crippen molar-refractivity contribution in [2.45, 2.75) is 38.6 Å². The van der Waals surface area contributed by atoms with E-state index in [-0.39, 0.29) is 23.8 Å². The Balaban J connectivity index is 2.16. The fourth-order valence-corrected chi connectivity index (χ4v) is 2.90. The van der Waals surface area contributed by atoms with Gasteiger partial charge in [0.15, 0.2) is 0 Å². The summed E-state index contributed by atoms with van der Waals surface area (Å²) in [5.74, 6) is -0.684. The summed E-state index contributed by atoms with van der Waals surface area (Å²) in [7, 11) is 1.49. The predicted octanol–water partition coefficient (Wildman–Crippen LogP) is 3.63. The molecule has 0 unspecified atom stereocenters. The van der Waals surface area contributed by atoms with Crippen LogP contribution >= 0.6 is 0 Å². The molecule has 0 heterocycles. The first-order valence-electron chi connectivity index (χ1n) is 7.28. The normalized spacial score (nSPS) is 16.7. The highest BCUT2D eigenvalue weighted by atomic mass is 19.4. The predicted molar refractivity (Wildman–Crippen MR) is 76.1 cm³/mol. The Labute approximate surface area is 132 Å². The standard InChI is InChI=1S/C16H17F3N2O2/c1-21(14(22)15(11-20)8-4-5-9-15)10-12-6-2-3-7-13(12)23-16(17,18)19/h2-3,6-7H,4-5,8-10H2,1H3. The van der Waals surface area contributed by atoms with Crippen molar-refractivity contribution in [2.24, 2.45) is 5.41 Å². The van der Waals surface area contributed by atoms with Crippen molar-refractivity contribution < 1.29 is 22.7 Å². The van der Waals surface area contributed by atoms with Gasteiger partial charge in [-0.05, 0) is 18.9 Å². The van der Waals surface area contributed by atoms with E-state index >= 15 is 0 Å². The van der Waals surface area contributed by atoms with Crippen LogP contribution in [0.5, 0.6) is 5.75 Å². The minimum absolute atomic E-state index is 0.0471. The zero-order chi connectivity index (χ0) is 17.1. The third kappa shape index (κ3) is 3.95. The zero-order valence-corrected chi connectivity index (χ0v) is 12.7. The van der Waals surface area contributed by atoms with Crippen LogP contribution in [0.3, 0.4) is 0 Å². The van der Waals surface area contributed by atoms with Crippen LogP contribution in [0, 0.1) is 16.7 Å². The Kier molecular flexibility index (Phi) is 4.83. The average molecular weight is 326 g/mol. The van der Waals surface area contributed by atoms with Crippen molar-refractivity contribution in [1.29, 1.82) is 5.26 Å². The van der Waals surface area contributed by atoms with Crippen LogP contribution in [-0.2, 0) is 11.3 Å². The number of nitriles is 1. The van der Waals surface area contributed by atoms with E-state index in [1.54, 1.807) is 6.07 Å². The number of nitrogens with zero attached hydrogens (tertiary/aromatic N) is 2. The average Bonchev–Trinajstić information content (AvgIpc) is 2.97. The number of carbonyl (C=O) groups is 1. The number of para-hydroxylation sites is 1. The Morgan fingerprint density at radius 2 is 1.96 bits per heavy atom. The summed E-state index contributed by atoms with van der Waals surface area (Å²) < 4.78 is 41.3. The van der Waals surface area contributed by atoms with Gasteiger partial charge in [0.05, 0.1) is 6.07 Å². The molecule has 1 aromatic carbocycles. The number of amides is 1. The second-order valence-corrected chi connectivity index (χ2v) is 5.72. The SMILES string of the molecule is CN(Cc1ccccc1OC(F)(F)F)C(=O)C1(C#N)CCCC1. The lowest BCUT2D eigenvalue weighted by molar-refractivity contribution is -0.275. The largest absolute Gasteiger partial charge is 0.573 e. The maximum absolute atomic E-state index is 12.5. The molecule has 2 rings (SSSR count). The van der Waals surface area contributed by atoms with Crippen LogP contribution in [0.2, 0.25) is 0 Å². The van der Waals surface area contributed by atoms with E-state index in [9.17, 15) is 23.2 Å². The van der Waals surface area contributed by atoms with Crippen LogP contribution in [0.4, 0.5) is 13.2 Å². The molecule has 0 N–H and O–H groups in total. The molecule has 0 bridgehead atoms. The van der Waals surface area contributed by atoms with E-state index < -0.39 is 11.8 Å². The van der Waals surface area contributed by atoms with Crippen LogP contribution < -0.4 is 4.74 Å². The van der Waals surface area contributed by atoms with E-state index in [1.165, 1.54) is 30.1 Å². The lowest BCUT2D eigenvalue weighted by Crippen LogP contribution is -2.39. The summed E-state index contributed by atoms with van der Waals surface area (Å²) in [5, 5.41) is 9.34. The minimum Gasteiger partial charge on any atom is -0.405 e. The highest BCUT2D eigenvalue weighted by Gasteiger charge is 2.43. The smallest absolute Gasteiger partial charge is 0.405 e. The van der Waals surface area contributed by atoms with E-state index in [4.69, 9.17) is 0 Å². The van der Waals surface area contributed by atoms with E-state index in [0.717, 1.165) is 12.8 Å². The molecule has 1 amide bonds. The van der Waals surface area contributed by atoms with Gasteiger partial charge in [0, 0.05) is 19.2 Å². The molecule has 0 aliphatic heterocycles. The van der Waals surface area contributed by atoms with Gasteiger partial charge >= 0.3 is 6.36 Å². The number of hydrogen-bond donors (Lipinski definition) is 0. The van der Waals surface area contributed by atoms with Crippen molar-refractivity contribution in [1.82, 2.24) is 4.90 Å². The number of halogens is 3. The molecular formula is C16H17F3N2O2. The van der Waals surface area contributed by atoms with Gasteiger partial charge in [0.2, 0.25) is 5.91 Å². The number of carbonyl (C=O) groups excluding carboxylic acids is 1. The Morgan fingerprint density at radius 3 is 2.52 bits per heavy atom. The van der Waals surface area contributed by atoms with Gasteiger partial charge < -0.3 is 9.64 Å². The maximum atomic E-state index is 12.5. The van der Waals surface area contributed by atoms with Crippen molar-refractivity contribution in [2.75, 3.05) is 7.05 Å². The molecule has 23 heavy (non-hydrogen) atoms. The second-order valence-electron chi connectivity index (χ2n) is 5.72. The molecule has 0 spiro atoms. The summed E-state index contributed by atoms with van der Waals surface area (Å²) in [6.45, 7) is -0.0471. The summed E-state index contributed by atoms with van der Waals surface area (Å²) in [6, 6.07) is 7.78. The molecule has 0 atom stereocenters. The van der Waals surface area contributed by atoms with Crippen LogP contribution in [0.1, 0.15) is 31.2 Å². The highest BCUT2D eigenvalue weighted by Crippen LogP contribution is 2.39. The molecule has 4 nitrogen and oxygen atoms in total. The Bertz CT molecular complexity index is 616. The quantitative estimate of drug-likeness (QED) is 0.849. The van der Waals surface area contributed by atoms with Crippen LogP contribution in [-0.4, -0.2) is 24.2 Å². The number of benzene rings is 1. The van der Waals surface area contributed by atoms with Gasteiger partial charge in [-0.25, -0.2) is 0 Å². The van der Waals surface area contributed by atoms with E-state index in [0.29, 0.717) is 12.8 Å². The fraction of sp³-hybridized carbons (Fsp3) is 0.500. The molecule has 124 valence electrons. The Morgan fingerprint density at radius 1 is 1.35 bits per heavy atom. The van der Waals surface area contributed by atoms with Gasteiger partial charge in [-0.3, -0.25) is 4.79 Å². The third-order valence-electron chi connectivity index (χ3n) is 4.03. The zero-order valence-electron chi connectivity index (χ0n) is 12.7. The lowest BCUT2D eigenvalue weighted by Gasteiger charge is -2.27. The maximum Gasteiger partial charge on any atom is 0.573 e. The highest BCUT2D eigenvalue weighted by molar-refractivity contribution is 5.85. The molecule has 1 fully saturated rings. The van der Waals surface area contributed by atoms with Crippen LogP contribution in [0.15, 0.2) is 24.3 Å². The third-order valence-corrected chi connectivity index (χ3v) is 4.03. The monoisotopic (exact) mass is 326 g/mol. The first-order chi connectivity index (χ1) is 10.8. The summed E-state index contributed by atoms with van der Waals surface area (Å²) >= 11 is 0. The minimum atomic E-state index is -4.79. The van der Waals surface area contributed by atoms with Crippen LogP contribution in [0.25, 0.3) is 0 Å². The van der Waals surface area contributed by atoms with Crippen molar-refractivity contribution in [3.63, 3.8) is 0 Å². The van der Waals surface area contributed by atoms with Gasteiger partial charge in [0.25, 0.3) is 0 Å². The number of ether oxygens (including phenoxy) is 1. The van der Waals surface area contributed by atoms with Gasteiger partial charge in [-0.1, -0.05) is 31.0 Å². The second kappa shape index (κ2) is 6.49. The molecular weight excluding hydrogens is 309 g/mol. The number of alkyl halides is 3.